The van der Waals surface area contributed by atoms with Crippen molar-refractivity contribution >= 4 is 76.2 Å². The van der Waals surface area contributed by atoms with Gasteiger partial charge in [-0.2, -0.15) is 0 Å². The van der Waals surface area contributed by atoms with E-state index in [0.29, 0.717) is 0 Å². The SMILES string of the molecule is O=C(C[C@@H](CO)NC(=O)OCC1c2ccccc2-c2ccccc21)OC(=O)Oc1c(Cl)c(Cl)c(Cl)c(Cl)c1Cl. The Hall–Kier alpha value is -2.72. The largest absolute Gasteiger partial charge is 0.521 e. The van der Waals surface area contributed by atoms with E-state index in [4.69, 9.17) is 67.5 Å². The molecule has 0 aliphatic heterocycles. The van der Waals surface area contributed by atoms with Crippen molar-refractivity contribution < 1.29 is 33.7 Å². The first kappa shape index (κ1) is 29.3. The standard InChI is InChI=1S/C26H18Cl5NO7/c27-19-20(28)22(30)24(23(31)21(19)29)39-26(36)38-18(34)9-12(10-33)32-25(35)37-11-17-15-7-3-1-5-13(15)14-6-2-4-8-16(14)17/h1-8,12,17,33H,9-11H2,(H,32,35)/t12-/m0/s1. The predicted octanol–water partition coefficient (Wildman–Crippen LogP) is 7.29. The summed E-state index contributed by atoms with van der Waals surface area (Å²) in [5, 5.41) is 10.7. The first-order valence-electron chi connectivity index (χ1n) is 11.3. The number of ether oxygens (including phenoxy) is 3. The van der Waals surface area contributed by atoms with Gasteiger partial charge < -0.3 is 24.6 Å². The Morgan fingerprint density at radius 3 is 1.87 bits per heavy atom. The molecule has 3 aromatic carbocycles. The van der Waals surface area contributed by atoms with Gasteiger partial charge >= 0.3 is 18.2 Å². The average Bonchev–Trinajstić information content (AvgIpc) is 3.25. The lowest BCUT2D eigenvalue weighted by molar-refractivity contribution is -0.139. The average molecular weight is 634 g/mol. The second kappa shape index (κ2) is 12.6. The van der Waals surface area contributed by atoms with Crippen molar-refractivity contribution in [2.24, 2.45) is 0 Å². The summed E-state index contributed by atoms with van der Waals surface area (Å²) in [6, 6.07) is 14.5. The Morgan fingerprint density at radius 1 is 0.821 bits per heavy atom. The number of fused-ring (bicyclic) bond motifs is 3. The van der Waals surface area contributed by atoms with Gasteiger partial charge in [-0.05, 0) is 22.3 Å². The Morgan fingerprint density at radius 2 is 1.33 bits per heavy atom. The van der Waals surface area contributed by atoms with Gasteiger partial charge in [0, 0.05) is 5.92 Å². The molecule has 0 unspecified atom stereocenters. The molecule has 0 spiro atoms. The van der Waals surface area contributed by atoms with Gasteiger partial charge in [-0.3, -0.25) is 4.79 Å². The molecule has 3 aromatic rings. The maximum absolute atomic E-state index is 12.5. The van der Waals surface area contributed by atoms with Crippen molar-refractivity contribution in [1.29, 1.82) is 0 Å². The Balaban J connectivity index is 1.31. The van der Waals surface area contributed by atoms with Crippen LogP contribution in [0.25, 0.3) is 11.1 Å². The summed E-state index contributed by atoms with van der Waals surface area (Å²) >= 11 is 29.7. The number of aliphatic hydroxyl groups is 1. The molecule has 0 saturated carbocycles. The minimum Gasteiger partial charge on any atom is -0.449 e. The number of hydrogen-bond donors (Lipinski definition) is 2. The molecule has 0 fully saturated rings. The molecule has 39 heavy (non-hydrogen) atoms. The first-order chi connectivity index (χ1) is 18.6. The number of carbonyl (C=O) groups is 3. The van der Waals surface area contributed by atoms with E-state index in [1.807, 2.05) is 48.5 Å². The highest BCUT2D eigenvalue weighted by molar-refractivity contribution is 6.55. The molecule has 0 bridgehead atoms. The molecule has 4 rings (SSSR count). The summed E-state index contributed by atoms with van der Waals surface area (Å²) < 4.78 is 14.8. The summed E-state index contributed by atoms with van der Waals surface area (Å²) in [4.78, 5) is 36.8. The number of benzene rings is 3. The van der Waals surface area contributed by atoms with Crippen LogP contribution in [0.1, 0.15) is 23.5 Å². The number of aliphatic hydroxyl groups excluding tert-OH is 1. The van der Waals surface area contributed by atoms with E-state index in [1.165, 1.54) is 0 Å². The van der Waals surface area contributed by atoms with E-state index in [9.17, 15) is 19.5 Å². The van der Waals surface area contributed by atoms with E-state index < -0.39 is 43.0 Å². The number of amides is 1. The molecular weight excluding hydrogens is 616 g/mol. The van der Waals surface area contributed by atoms with Crippen LogP contribution in [0.15, 0.2) is 48.5 Å². The Kier molecular flexibility index (Phi) is 9.48. The lowest BCUT2D eigenvalue weighted by atomic mass is 9.98. The van der Waals surface area contributed by atoms with Crippen LogP contribution in [0.4, 0.5) is 9.59 Å². The van der Waals surface area contributed by atoms with Crippen molar-refractivity contribution in [1.82, 2.24) is 5.32 Å². The molecule has 1 aliphatic carbocycles. The maximum Gasteiger partial charge on any atom is 0.521 e. The first-order valence-corrected chi connectivity index (χ1v) is 13.2. The van der Waals surface area contributed by atoms with Gasteiger partial charge in [-0.25, -0.2) is 9.59 Å². The Bertz CT molecular complexity index is 1370. The highest BCUT2D eigenvalue weighted by Crippen LogP contribution is 2.48. The van der Waals surface area contributed by atoms with Crippen molar-refractivity contribution in [2.45, 2.75) is 18.4 Å². The van der Waals surface area contributed by atoms with Gasteiger partial charge in [0.1, 0.15) is 16.7 Å². The highest BCUT2D eigenvalue weighted by atomic mass is 35.5. The lowest BCUT2D eigenvalue weighted by Gasteiger charge is -2.18. The summed E-state index contributed by atoms with van der Waals surface area (Å²) in [7, 11) is 0. The molecule has 0 saturated heterocycles. The molecule has 0 aromatic heterocycles. The van der Waals surface area contributed by atoms with Crippen LogP contribution in [0.3, 0.4) is 0 Å². The third-order valence-electron chi connectivity index (χ3n) is 5.85. The van der Waals surface area contributed by atoms with E-state index in [2.05, 4.69) is 10.1 Å². The van der Waals surface area contributed by atoms with Crippen LogP contribution in [-0.4, -0.2) is 42.6 Å². The van der Waals surface area contributed by atoms with Gasteiger partial charge in [0.2, 0.25) is 0 Å². The van der Waals surface area contributed by atoms with Gasteiger partial charge in [-0.15, -0.1) is 0 Å². The van der Waals surface area contributed by atoms with Crippen LogP contribution >= 0.6 is 58.0 Å². The summed E-state index contributed by atoms with van der Waals surface area (Å²) in [5.41, 5.74) is 4.18. The van der Waals surface area contributed by atoms with Gasteiger partial charge in [0.15, 0.2) is 5.75 Å². The zero-order chi connectivity index (χ0) is 28.3. The van der Waals surface area contributed by atoms with E-state index in [1.54, 1.807) is 0 Å². The number of halogens is 5. The van der Waals surface area contributed by atoms with Crippen LogP contribution in [0.5, 0.6) is 5.75 Å². The molecule has 1 aliphatic rings. The fraction of sp³-hybridized carbons (Fsp3) is 0.192. The van der Waals surface area contributed by atoms with E-state index in [-0.39, 0.29) is 37.6 Å². The van der Waals surface area contributed by atoms with Crippen LogP contribution in [0.2, 0.25) is 25.1 Å². The predicted molar refractivity (Wildman–Crippen MR) is 147 cm³/mol. The summed E-state index contributed by atoms with van der Waals surface area (Å²) in [5.74, 6) is -1.77. The molecular formula is C26H18Cl5NO7. The van der Waals surface area contributed by atoms with Crippen LogP contribution in [0, 0.1) is 0 Å². The molecule has 13 heteroatoms. The quantitative estimate of drug-likeness (QED) is 0.0925. The molecule has 0 radical (unpaired) electrons. The lowest BCUT2D eigenvalue weighted by Crippen LogP contribution is -2.40. The monoisotopic (exact) mass is 631 g/mol. The highest BCUT2D eigenvalue weighted by Gasteiger charge is 2.30. The zero-order valence-corrected chi connectivity index (χ0v) is 23.5. The normalized spacial score (nSPS) is 12.8. The van der Waals surface area contributed by atoms with Crippen molar-refractivity contribution in [3.8, 4) is 16.9 Å². The molecule has 2 N–H and O–H groups in total. The van der Waals surface area contributed by atoms with Crippen molar-refractivity contribution in [3.63, 3.8) is 0 Å². The molecule has 1 amide bonds. The number of carbonyl (C=O) groups excluding carboxylic acids is 3. The third-order valence-corrected chi connectivity index (χ3v) is 8.09. The topological polar surface area (TPSA) is 111 Å². The van der Waals surface area contributed by atoms with Gasteiger partial charge in [0.25, 0.3) is 0 Å². The van der Waals surface area contributed by atoms with E-state index in [0.717, 1.165) is 22.3 Å². The zero-order valence-electron chi connectivity index (χ0n) is 19.7. The van der Waals surface area contributed by atoms with E-state index >= 15 is 0 Å². The third kappa shape index (κ3) is 6.38. The second-order valence-electron chi connectivity index (χ2n) is 8.28. The second-order valence-corrected chi connectivity index (χ2v) is 10.2. The fourth-order valence-electron chi connectivity index (χ4n) is 4.08. The van der Waals surface area contributed by atoms with Crippen molar-refractivity contribution in [2.75, 3.05) is 13.2 Å². The van der Waals surface area contributed by atoms with Crippen LogP contribution < -0.4 is 10.1 Å². The molecule has 8 nitrogen and oxygen atoms in total. The number of nitrogens with one attached hydrogen (secondary N) is 1. The van der Waals surface area contributed by atoms with Crippen LogP contribution in [-0.2, 0) is 14.3 Å². The number of esters is 1. The minimum absolute atomic E-state index is 0.0303. The summed E-state index contributed by atoms with van der Waals surface area (Å²) in [6.45, 7) is -0.614. The van der Waals surface area contributed by atoms with Gasteiger partial charge in [0.05, 0.1) is 34.1 Å². The smallest absolute Gasteiger partial charge is 0.449 e. The van der Waals surface area contributed by atoms with Crippen molar-refractivity contribution in [3.05, 3.63) is 84.8 Å². The molecule has 204 valence electrons. The maximum atomic E-state index is 12.5. The Labute approximate surface area is 247 Å². The number of rotatable bonds is 7. The number of alkyl carbamates (subject to hydrolysis) is 1. The molecule has 0 heterocycles. The fourth-order valence-corrected chi connectivity index (χ4v) is 5.28. The molecule has 1 atom stereocenters. The van der Waals surface area contributed by atoms with Gasteiger partial charge in [-0.1, -0.05) is 107 Å². The summed E-state index contributed by atoms with van der Waals surface area (Å²) in [6.07, 6.45) is -2.95. The minimum atomic E-state index is -1.50. The number of hydrogen-bond acceptors (Lipinski definition) is 7.